The summed E-state index contributed by atoms with van der Waals surface area (Å²) in [6.45, 7) is 11.9. The summed E-state index contributed by atoms with van der Waals surface area (Å²) in [7, 11) is 0. The van der Waals surface area contributed by atoms with E-state index in [1.54, 1.807) is 19.1 Å². The van der Waals surface area contributed by atoms with Crippen LogP contribution in [0.3, 0.4) is 0 Å². The van der Waals surface area contributed by atoms with Crippen molar-refractivity contribution in [2.24, 2.45) is 4.99 Å². The van der Waals surface area contributed by atoms with Gasteiger partial charge in [-0.1, -0.05) is 34.1 Å². The molecule has 2 aromatic carbocycles. The minimum absolute atomic E-state index is 0.0536. The average molecular weight is 612 g/mol. The minimum atomic E-state index is -0.822. The van der Waals surface area contributed by atoms with Crippen LogP contribution in [0.5, 0.6) is 11.5 Å². The monoisotopic (exact) mass is 611 g/mol. The maximum Gasteiger partial charge on any atom is 0.251 e. The molecule has 0 aromatic heterocycles. The van der Waals surface area contributed by atoms with Crippen LogP contribution in [0.15, 0.2) is 29.3 Å². The lowest BCUT2D eigenvalue weighted by Crippen LogP contribution is -2.40. The number of ketones is 1. The second kappa shape index (κ2) is 13.6. The number of hydrogen-bond donors (Lipinski definition) is 3. The lowest BCUT2D eigenvalue weighted by molar-refractivity contribution is 0.0879. The Hall–Kier alpha value is -3.50. The summed E-state index contributed by atoms with van der Waals surface area (Å²) >= 11 is 0. The van der Waals surface area contributed by atoms with Crippen molar-refractivity contribution >= 4 is 17.5 Å². The first-order valence-electron chi connectivity index (χ1n) is 15.6. The van der Waals surface area contributed by atoms with E-state index in [4.69, 9.17) is 14.5 Å². The van der Waals surface area contributed by atoms with Crippen LogP contribution >= 0.6 is 0 Å². The number of fused-ring (bicyclic) bond motifs is 2. The van der Waals surface area contributed by atoms with E-state index in [-0.39, 0.29) is 35.7 Å². The number of benzene rings is 2. The number of amidine groups is 1. The first-order chi connectivity index (χ1) is 20.9. The van der Waals surface area contributed by atoms with Gasteiger partial charge in [0.05, 0.1) is 50.1 Å². The number of carbonyl (C=O) groups is 2. The molecule has 10 heteroatoms. The van der Waals surface area contributed by atoms with Gasteiger partial charge >= 0.3 is 0 Å². The van der Waals surface area contributed by atoms with Gasteiger partial charge in [0.2, 0.25) is 0 Å². The predicted octanol–water partition coefficient (Wildman–Crippen LogP) is 4.74. The fraction of sp³-hybridized carbons (Fsp3) is 0.559. The summed E-state index contributed by atoms with van der Waals surface area (Å²) in [5, 5.41) is 21.5. The van der Waals surface area contributed by atoms with E-state index in [0.717, 1.165) is 36.8 Å². The van der Waals surface area contributed by atoms with E-state index in [0.29, 0.717) is 35.9 Å². The van der Waals surface area contributed by atoms with Gasteiger partial charge in [0.1, 0.15) is 5.84 Å². The van der Waals surface area contributed by atoms with Crippen molar-refractivity contribution in [3.8, 4) is 11.5 Å². The highest BCUT2D eigenvalue weighted by Gasteiger charge is 2.58. The summed E-state index contributed by atoms with van der Waals surface area (Å²) in [5.41, 5.74) is 1.55. The number of aliphatic hydroxyl groups is 2. The molecular formula is C34H46FN3O6. The molecule has 1 saturated carbocycles. The SMILES string of the molecule is CCCCN=C1c2c(cc(OCC)c(OCC)c2F)C2(CC2)N1CC(=O)c1cc(C(=O)NC(CO)CO)cc(C(C)(C)C)c1. The van der Waals surface area contributed by atoms with Crippen molar-refractivity contribution in [3.63, 3.8) is 0 Å². The van der Waals surface area contributed by atoms with Gasteiger partial charge in [-0.2, -0.15) is 0 Å². The molecule has 2 aromatic rings. The molecular weight excluding hydrogens is 565 g/mol. The van der Waals surface area contributed by atoms with Gasteiger partial charge in [-0.3, -0.25) is 14.6 Å². The molecule has 0 bridgehead atoms. The zero-order valence-electron chi connectivity index (χ0n) is 26.8. The molecule has 1 fully saturated rings. The van der Waals surface area contributed by atoms with Crippen LogP contribution in [0.1, 0.15) is 105 Å². The van der Waals surface area contributed by atoms with E-state index in [1.807, 2.05) is 38.7 Å². The highest BCUT2D eigenvalue weighted by Crippen LogP contribution is 2.59. The largest absolute Gasteiger partial charge is 0.490 e. The zero-order valence-corrected chi connectivity index (χ0v) is 26.8. The number of hydrogen-bond acceptors (Lipinski definition) is 7. The Bertz CT molecular complexity index is 1410. The molecule has 44 heavy (non-hydrogen) atoms. The van der Waals surface area contributed by atoms with Crippen LogP contribution in [0, 0.1) is 5.82 Å². The molecule has 0 unspecified atom stereocenters. The quantitative estimate of drug-likeness (QED) is 0.209. The molecule has 1 aliphatic carbocycles. The Balaban J connectivity index is 1.78. The fourth-order valence-electron chi connectivity index (χ4n) is 5.62. The Labute approximate surface area is 259 Å². The lowest BCUT2D eigenvalue weighted by Gasteiger charge is -2.27. The molecule has 0 radical (unpaired) electrons. The van der Waals surface area contributed by atoms with E-state index in [9.17, 15) is 19.8 Å². The third kappa shape index (κ3) is 6.61. The molecule has 240 valence electrons. The number of nitrogens with zero attached hydrogens (tertiary/aromatic N) is 2. The fourth-order valence-corrected chi connectivity index (χ4v) is 5.62. The summed E-state index contributed by atoms with van der Waals surface area (Å²) in [4.78, 5) is 34.0. The van der Waals surface area contributed by atoms with Gasteiger partial charge in [-0.15, -0.1) is 0 Å². The maximum atomic E-state index is 16.3. The number of nitrogens with one attached hydrogen (secondary N) is 1. The molecule has 0 atom stereocenters. The Morgan fingerprint density at radius 2 is 1.70 bits per heavy atom. The maximum absolute atomic E-state index is 16.3. The van der Waals surface area contributed by atoms with E-state index in [1.165, 1.54) is 6.07 Å². The number of aliphatic hydroxyl groups excluding tert-OH is 2. The van der Waals surface area contributed by atoms with Gasteiger partial charge in [-0.25, -0.2) is 4.39 Å². The average Bonchev–Trinajstić information content (AvgIpc) is 3.75. The first kappa shape index (κ1) is 33.4. The molecule has 3 N–H and O–H groups in total. The van der Waals surface area contributed by atoms with Crippen molar-refractivity contribution in [3.05, 3.63) is 57.9 Å². The second-order valence-corrected chi connectivity index (χ2v) is 12.5. The standard InChI is InChI=1S/C34H46FN3O6/c1-7-10-13-36-31-28-25(17-27(43-8-2)30(29(28)35)44-9-3)34(11-12-34)38(31)18-26(41)21-14-22(16-23(15-21)33(4,5)6)32(42)37-24(19-39)20-40/h14-17,24,39-40H,7-13,18-20H2,1-6H3,(H,37,42). The Kier molecular flexibility index (Phi) is 10.4. The smallest absolute Gasteiger partial charge is 0.251 e. The number of rotatable bonds is 14. The van der Waals surface area contributed by atoms with Crippen molar-refractivity contribution in [2.75, 3.05) is 39.5 Å². The van der Waals surface area contributed by atoms with E-state index < -0.39 is 36.5 Å². The minimum Gasteiger partial charge on any atom is -0.490 e. The van der Waals surface area contributed by atoms with Gasteiger partial charge in [0.15, 0.2) is 23.1 Å². The number of ether oxygens (including phenoxy) is 2. The van der Waals surface area contributed by atoms with Crippen molar-refractivity contribution in [1.82, 2.24) is 10.2 Å². The van der Waals surface area contributed by atoms with Crippen LogP contribution < -0.4 is 14.8 Å². The van der Waals surface area contributed by atoms with E-state index >= 15 is 4.39 Å². The van der Waals surface area contributed by atoms with Crippen LogP contribution in [-0.2, 0) is 11.0 Å². The van der Waals surface area contributed by atoms with Gasteiger partial charge in [-0.05, 0) is 73.9 Å². The van der Waals surface area contributed by atoms with Gasteiger partial charge in [0.25, 0.3) is 5.91 Å². The van der Waals surface area contributed by atoms with Gasteiger partial charge < -0.3 is 29.9 Å². The number of carbonyl (C=O) groups excluding carboxylic acids is 2. The van der Waals surface area contributed by atoms with E-state index in [2.05, 4.69) is 12.2 Å². The topological polar surface area (TPSA) is 121 Å². The molecule has 0 saturated heterocycles. The van der Waals surface area contributed by atoms with Crippen LogP contribution in [0.2, 0.25) is 0 Å². The highest BCUT2D eigenvalue weighted by atomic mass is 19.1. The van der Waals surface area contributed by atoms with Gasteiger partial charge in [0, 0.05) is 17.7 Å². The molecule has 1 amide bonds. The first-order valence-corrected chi connectivity index (χ1v) is 15.6. The van der Waals surface area contributed by atoms with Crippen molar-refractivity contribution in [1.29, 1.82) is 0 Å². The number of Topliss-reactive ketones (excluding diaryl/α,β-unsaturated/α-hetero) is 1. The Morgan fingerprint density at radius 3 is 2.27 bits per heavy atom. The van der Waals surface area contributed by atoms with Crippen LogP contribution in [-0.4, -0.2) is 78.2 Å². The number of halogens is 1. The van der Waals surface area contributed by atoms with Crippen molar-refractivity contribution < 1.29 is 33.7 Å². The van der Waals surface area contributed by atoms with Crippen molar-refractivity contribution in [2.45, 2.75) is 84.2 Å². The highest BCUT2D eigenvalue weighted by molar-refractivity contribution is 6.09. The van der Waals surface area contributed by atoms with Crippen LogP contribution in [0.25, 0.3) is 0 Å². The summed E-state index contributed by atoms with van der Waals surface area (Å²) < 4.78 is 27.8. The van der Waals surface area contributed by atoms with Crippen LogP contribution in [0.4, 0.5) is 4.39 Å². The molecule has 1 heterocycles. The molecule has 1 aliphatic heterocycles. The number of aliphatic imine (C=N–C) groups is 1. The summed E-state index contributed by atoms with van der Waals surface area (Å²) in [6.07, 6.45) is 3.21. The summed E-state index contributed by atoms with van der Waals surface area (Å²) in [6, 6.07) is 6.09. The summed E-state index contributed by atoms with van der Waals surface area (Å²) in [5.74, 6) is -0.418. The normalized spacial score (nSPS) is 16.0. The molecule has 4 rings (SSSR count). The number of unbranched alkanes of at least 4 members (excludes halogenated alkanes) is 1. The molecule has 2 aliphatic rings. The number of amides is 1. The second-order valence-electron chi connectivity index (χ2n) is 12.5. The third-order valence-corrected chi connectivity index (χ3v) is 8.23. The Morgan fingerprint density at radius 1 is 1.05 bits per heavy atom. The lowest BCUT2D eigenvalue weighted by atomic mass is 9.84. The zero-order chi connectivity index (χ0) is 32.2. The molecule has 9 nitrogen and oxygen atoms in total. The predicted molar refractivity (Wildman–Crippen MR) is 168 cm³/mol. The third-order valence-electron chi connectivity index (χ3n) is 8.23. The molecule has 1 spiro atoms.